The van der Waals surface area contributed by atoms with Crippen molar-refractivity contribution in [2.45, 2.75) is 12.5 Å². The van der Waals surface area contributed by atoms with Crippen LogP contribution in [0.25, 0.3) is 0 Å². The highest BCUT2D eigenvalue weighted by Gasteiger charge is 2.19. The van der Waals surface area contributed by atoms with Gasteiger partial charge in [-0.05, 0) is 5.56 Å². The highest BCUT2D eigenvalue weighted by molar-refractivity contribution is 6.45. The molecule has 0 heterocycles. The molecule has 4 nitrogen and oxygen atoms in total. The maximum absolute atomic E-state index is 12.1. The molecular weight excluding hydrogens is 254 g/mol. The standard InChI is InChI=1S/C16H15NO3/c18-15(12-7-3-1-4-8-12)11-14(17-20)16(19)13-9-5-2-6-10-13/h1-10,15,18,20H,11H2/b17-14+. The Balaban J connectivity index is 2.13. The predicted octanol–water partition coefficient (Wildman–Crippen LogP) is 2.82. The van der Waals surface area contributed by atoms with Crippen molar-refractivity contribution in [3.05, 3.63) is 71.8 Å². The van der Waals surface area contributed by atoms with Crippen molar-refractivity contribution in [2.24, 2.45) is 5.16 Å². The van der Waals surface area contributed by atoms with E-state index in [1.165, 1.54) is 0 Å². The number of carbonyl (C=O) groups excluding carboxylic acids is 1. The van der Waals surface area contributed by atoms with Gasteiger partial charge in [-0.25, -0.2) is 0 Å². The summed E-state index contributed by atoms with van der Waals surface area (Å²) in [6.07, 6.45) is -0.913. The van der Waals surface area contributed by atoms with E-state index in [-0.39, 0.29) is 17.9 Å². The Kier molecular flexibility index (Phi) is 4.63. The third-order valence-corrected chi connectivity index (χ3v) is 2.99. The lowest BCUT2D eigenvalue weighted by atomic mass is 9.99. The molecule has 0 saturated carbocycles. The average molecular weight is 269 g/mol. The number of nitrogens with zero attached hydrogens (tertiary/aromatic N) is 1. The lowest BCUT2D eigenvalue weighted by molar-refractivity contribution is 0.105. The first kappa shape index (κ1) is 14.0. The molecule has 0 aliphatic carbocycles. The van der Waals surface area contributed by atoms with Gasteiger partial charge in [-0.2, -0.15) is 0 Å². The van der Waals surface area contributed by atoms with Gasteiger partial charge in [0, 0.05) is 12.0 Å². The topological polar surface area (TPSA) is 69.9 Å². The Morgan fingerprint density at radius 2 is 1.55 bits per heavy atom. The highest BCUT2D eigenvalue weighted by atomic mass is 16.4. The number of oxime groups is 1. The smallest absolute Gasteiger partial charge is 0.210 e. The molecule has 102 valence electrons. The zero-order valence-corrected chi connectivity index (χ0v) is 10.8. The van der Waals surface area contributed by atoms with E-state index in [0.717, 1.165) is 0 Å². The predicted molar refractivity (Wildman–Crippen MR) is 76.0 cm³/mol. The molecule has 0 saturated heterocycles. The summed E-state index contributed by atoms with van der Waals surface area (Å²) < 4.78 is 0. The molecule has 0 aliphatic heterocycles. The highest BCUT2D eigenvalue weighted by Crippen LogP contribution is 2.18. The molecular formula is C16H15NO3. The normalized spacial score (nSPS) is 12.9. The number of hydrogen-bond acceptors (Lipinski definition) is 4. The molecule has 0 radical (unpaired) electrons. The SMILES string of the molecule is O=C(/C(CC(O)c1ccccc1)=N/O)c1ccccc1. The van der Waals surface area contributed by atoms with E-state index in [9.17, 15) is 9.90 Å². The van der Waals surface area contributed by atoms with Crippen molar-refractivity contribution < 1.29 is 15.1 Å². The van der Waals surface area contributed by atoms with E-state index in [1.807, 2.05) is 6.07 Å². The summed E-state index contributed by atoms with van der Waals surface area (Å²) in [4.78, 5) is 12.1. The fourth-order valence-electron chi connectivity index (χ4n) is 1.91. The molecule has 4 heteroatoms. The van der Waals surface area contributed by atoms with E-state index in [2.05, 4.69) is 5.16 Å². The summed E-state index contributed by atoms with van der Waals surface area (Å²) in [7, 11) is 0. The number of aliphatic hydroxyl groups is 1. The Labute approximate surface area is 117 Å². The minimum atomic E-state index is -0.880. The third-order valence-electron chi connectivity index (χ3n) is 2.99. The van der Waals surface area contributed by atoms with Crippen molar-refractivity contribution in [2.75, 3.05) is 0 Å². The van der Waals surface area contributed by atoms with Crippen LogP contribution in [-0.4, -0.2) is 21.8 Å². The molecule has 0 fully saturated rings. The Hall–Kier alpha value is -2.46. The van der Waals surface area contributed by atoms with Crippen LogP contribution in [0.1, 0.15) is 28.4 Å². The Bertz CT molecular complexity index is 594. The summed E-state index contributed by atoms with van der Waals surface area (Å²) in [6, 6.07) is 17.5. The Morgan fingerprint density at radius 3 is 2.10 bits per heavy atom. The molecule has 1 unspecified atom stereocenters. The quantitative estimate of drug-likeness (QED) is 0.379. The molecule has 0 bridgehead atoms. The van der Waals surface area contributed by atoms with Crippen LogP contribution in [0.2, 0.25) is 0 Å². The molecule has 0 aromatic heterocycles. The van der Waals surface area contributed by atoms with Crippen LogP contribution >= 0.6 is 0 Å². The second-order valence-corrected chi connectivity index (χ2v) is 4.37. The van der Waals surface area contributed by atoms with Crippen LogP contribution in [0, 0.1) is 0 Å². The monoisotopic (exact) mass is 269 g/mol. The van der Waals surface area contributed by atoms with Crippen molar-refractivity contribution in [3.8, 4) is 0 Å². The lowest BCUT2D eigenvalue weighted by Gasteiger charge is -2.11. The summed E-state index contributed by atoms with van der Waals surface area (Å²) in [6.45, 7) is 0. The van der Waals surface area contributed by atoms with Gasteiger partial charge in [0.1, 0.15) is 5.71 Å². The Morgan fingerprint density at radius 1 is 1.00 bits per heavy atom. The molecule has 0 spiro atoms. The summed E-state index contributed by atoms with van der Waals surface area (Å²) in [5, 5.41) is 22.1. The zero-order chi connectivity index (χ0) is 14.4. The minimum Gasteiger partial charge on any atom is -0.411 e. The van der Waals surface area contributed by atoms with E-state index < -0.39 is 6.10 Å². The molecule has 2 aromatic rings. The van der Waals surface area contributed by atoms with E-state index in [1.54, 1.807) is 54.6 Å². The third kappa shape index (κ3) is 3.30. The maximum atomic E-state index is 12.1. The van der Waals surface area contributed by atoms with Crippen LogP contribution in [0.3, 0.4) is 0 Å². The van der Waals surface area contributed by atoms with Crippen LogP contribution in [0.4, 0.5) is 0 Å². The number of Topliss-reactive ketones (excluding diaryl/α,β-unsaturated/α-hetero) is 1. The van der Waals surface area contributed by atoms with Crippen molar-refractivity contribution in [3.63, 3.8) is 0 Å². The average Bonchev–Trinajstić information content (AvgIpc) is 2.53. The second kappa shape index (κ2) is 6.63. The zero-order valence-electron chi connectivity index (χ0n) is 10.8. The first-order chi connectivity index (χ1) is 9.72. The van der Waals surface area contributed by atoms with Gasteiger partial charge in [0.2, 0.25) is 5.78 Å². The number of benzene rings is 2. The fourth-order valence-corrected chi connectivity index (χ4v) is 1.91. The van der Waals surface area contributed by atoms with Gasteiger partial charge < -0.3 is 10.3 Å². The van der Waals surface area contributed by atoms with Gasteiger partial charge in [0.15, 0.2) is 0 Å². The van der Waals surface area contributed by atoms with Gasteiger partial charge >= 0.3 is 0 Å². The van der Waals surface area contributed by atoms with E-state index in [0.29, 0.717) is 11.1 Å². The summed E-state index contributed by atoms with van der Waals surface area (Å²) in [5.74, 6) is -0.386. The minimum absolute atomic E-state index is 0.0335. The van der Waals surface area contributed by atoms with Crippen LogP contribution in [0.5, 0.6) is 0 Å². The summed E-state index contributed by atoms with van der Waals surface area (Å²) in [5.41, 5.74) is 1.04. The van der Waals surface area contributed by atoms with Crippen LogP contribution in [-0.2, 0) is 0 Å². The first-order valence-electron chi connectivity index (χ1n) is 6.26. The second-order valence-electron chi connectivity index (χ2n) is 4.37. The summed E-state index contributed by atoms with van der Waals surface area (Å²) >= 11 is 0. The van der Waals surface area contributed by atoms with Gasteiger partial charge in [-0.3, -0.25) is 4.79 Å². The number of carbonyl (C=O) groups is 1. The van der Waals surface area contributed by atoms with Gasteiger partial charge in [0.25, 0.3) is 0 Å². The van der Waals surface area contributed by atoms with Gasteiger partial charge in [0.05, 0.1) is 6.10 Å². The number of rotatable bonds is 5. The van der Waals surface area contributed by atoms with Crippen LogP contribution in [0.15, 0.2) is 65.8 Å². The van der Waals surface area contributed by atoms with Crippen molar-refractivity contribution in [1.29, 1.82) is 0 Å². The number of hydrogen-bond donors (Lipinski definition) is 2. The molecule has 0 amide bonds. The molecule has 2 N–H and O–H groups in total. The van der Waals surface area contributed by atoms with Gasteiger partial charge in [-0.15, -0.1) is 0 Å². The molecule has 0 aliphatic rings. The molecule has 2 aromatic carbocycles. The molecule has 2 rings (SSSR count). The van der Waals surface area contributed by atoms with Crippen molar-refractivity contribution in [1.82, 2.24) is 0 Å². The van der Waals surface area contributed by atoms with E-state index in [4.69, 9.17) is 5.21 Å². The van der Waals surface area contributed by atoms with Crippen molar-refractivity contribution >= 4 is 11.5 Å². The van der Waals surface area contributed by atoms with Gasteiger partial charge in [-0.1, -0.05) is 65.8 Å². The largest absolute Gasteiger partial charge is 0.411 e. The first-order valence-corrected chi connectivity index (χ1v) is 6.26. The lowest BCUT2D eigenvalue weighted by Crippen LogP contribution is -2.18. The van der Waals surface area contributed by atoms with Crippen LogP contribution < -0.4 is 0 Å². The van der Waals surface area contributed by atoms with E-state index >= 15 is 0 Å². The molecule has 1 atom stereocenters. The molecule has 20 heavy (non-hydrogen) atoms. The fraction of sp³-hybridized carbons (Fsp3) is 0.125. The number of ketones is 1. The number of aliphatic hydroxyl groups excluding tert-OH is 1. The maximum Gasteiger partial charge on any atom is 0.210 e.